The van der Waals surface area contributed by atoms with Gasteiger partial charge in [0.1, 0.15) is 6.23 Å². The first-order valence-corrected chi connectivity index (χ1v) is 8.15. The second-order valence-electron chi connectivity index (χ2n) is 5.36. The van der Waals surface area contributed by atoms with E-state index in [1.807, 2.05) is 4.57 Å². The average Bonchev–Trinajstić information content (AvgIpc) is 3.20. The zero-order valence-electron chi connectivity index (χ0n) is 12.3. The number of hydrogen-bond acceptors (Lipinski definition) is 5. The van der Waals surface area contributed by atoms with Crippen LogP contribution in [0.5, 0.6) is 0 Å². The maximum atomic E-state index is 13.9. The summed E-state index contributed by atoms with van der Waals surface area (Å²) in [5, 5.41) is 2.79. The van der Waals surface area contributed by atoms with Gasteiger partial charge in [-0.2, -0.15) is 0 Å². The predicted molar refractivity (Wildman–Crippen MR) is 86.9 cm³/mol. The fraction of sp³-hybridized carbons (Fsp3) is 0.267. The van der Waals surface area contributed by atoms with Crippen LogP contribution in [0.1, 0.15) is 19.1 Å². The summed E-state index contributed by atoms with van der Waals surface area (Å²) >= 11 is 3.25. The van der Waals surface area contributed by atoms with Crippen LogP contribution in [0.15, 0.2) is 29.3 Å². The lowest BCUT2D eigenvalue weighted by molar-refractivity contribution is 0.0592. The average molecular weight is 396 g/mol. The maximum absolute atomic E-state index is 13.9. The molecular formula is C15H12BrF2N5O. The Kier molecular flexibility index (Phi) is 3.89. The molecular weight excluding hydrogens is 384 g/mol. The Morgan fingerprint density at radius 3 is 2.96 bits per heavy atom. The molecule has 1 unspecified atom stereocenters. The Balaban J connectivity index is 1.79. The molecule has 3 heterocycles. The summed E-state index contributed by atoms with van der Waals surface area (Å²) in [6.07, 6.45) is 3.33. The quantitative estimate of drug-likeness (QED) is 0.680. The van der Waals surface area contributed by atoms with Gasteiger partial charge in [-0.25, -0.2) is 23.7 Å². The number of fused-ring (bicyclic) bond motifs is 1. The summed E-state index contributed by atoms with van der Waals surface area (Å²) in [5.41, 5.74) is 0.994. The number of anilines is 2. The van der Waals surface area contributed by atoms with Gasteiger partial charge in [-0.3, -0.25) is 4.57 Å². The number of aromatic nitrogens is 4. The Bertz CT molecular complexity index is 910. The van der Waals surface area contributed by atoms with Crippen LogP contribution in [-0.4, -0.2) is 26.1 Å². The molecule has 1 N–H and O–H groups in total. The van der Waals surface area contributed by atoms with E-state index in [-0.39, 0.29) is 17.7 Å². The number of rotatable bonds is 3. The second-order valence-corrected chi connectivity index (χ2v) is 6.07. The topological polar surface area (TPSA) is 64.9 Å². The van der Waals surface area contributed by atoms with E-state index in [0.717, 1.165) is 18.9 Å². The van der Waals surface area contributed by atoms with E-state index in [1.165, 1.54) is 12.1 Å². The summed E-state index contributed by atoms with van der Waals surface area (Å²) in [4.78, 5) is 12.8. The van der Waals surface area contributed by atoms with Crippen molar-refractivity contribution in [3.8, 4) is 0 Å². The minimum Gasteiger partial charge on any atom is -0.358 e. The summed E-state index contributed by atoms with van der Waals surface area (Å²) in [6.45, 7) is 0.691. The van der Waals surface area contributed by atoms with Gasteiger partial charge in [0.15, 0.2) is 28.6 Å². The van der Waals surface area contributed by atoms with Crippen LogP contribution in [0.4, 0.5) is 20.3 Å². The highest BCUT2D eigenvalue weighted by molar-refractivity contribution is 9.10. The number of halogens is 3. The molecule has 1 saturated heterocycles. The van der Waals surface area contributed by atoms with Crippen molar-refractivity contribution in [3.63, 3.8) is 0 Å². The van der Waals surface area contributed by atoms with E-state index < -0.39 is 11.6 Å². The number of imidazole rings is 1. The van der Waals surface area contributed by atoms with Crippen molar-refractivity contribution in [1.82, 2.24) is 19.5 Å². The molecule has 1 fully saturated rings. The van der Waals surface area contributed by atoms with Crippen LogP contribution in [0.3, 0.4) is 0 Å². The number of ether oxygens (including phenoxy) is 1. The summed E-state index contributed by atoms with van der Waals surface area (Å²) in [7, 11) is 0. The van der Waals surface area contributed by atoms with Crippen LogP contribution in [-0.2, 0) is 4.74 Å². The smallest absolute Gasteiger partial charge is 0.200 e. The number of nitrogens with zero attached hydrogens (tertiary/aromatic N) is 4. The number of benzene rings is 1. The molecule has 2 aromatic heterocycles. The highest BCUT2D eigenvalue weighted by atomic mass is 79.9. The molecule has 24 heavy (non-hydrogen) atoms. The molecule has 0 radical (unpaired) electrons. The first-order chi connectivity index (χ1) is 11.6. The highest BCUT2D eigenvalue weighted by Crippen LogP contribution is 2.30. The van der Waals surface area contributed by atoms with Crippen LogP contribution in [0.2, 0.25) is 0 Å². The molecule has 0 bridgehead atoms. The van der Waals surface area contributed by atoms with Gasteiger partial charge in [-0.1, -0.05) is 6.07 Å². The molecule has 1 aliphatic heterocycles. The summed E-state index contributed by atoms with van der Waals surface area (Å²) < 4.78 is 35.1. The molecule has 0 spiro atoms. The minimum atomic E-state index is -0.973. The molecule has 0 amide bonds. The lowest BCUT2D eigenvalue weighted by Crippen LogP contribution is -2.07. The first kappa shape index (κ1) is 15.4. The SMILES string of the molecule is Fc1cccc(Nc2nc(Br)nc3c2ncn3C2CCCO2)c1F. The van der Waals surface area contributed by atoms with Crippen LogP contribution >= 0.6 is 15.9 Å². The Morgan fingerprint density at radius 1 is 1.29 bits per heavy atom. The Labute approximate surface area is 144 Å². The molecule has 3 aromatic rings. The van der Waals surface area contributed by atoms with E-state index in [9.17, 15) is 8.78 Å². The second kappa shape index (κ2) is 6.06. The largest absolute Gasteiger partial charge is 0.358 e. The van der Waals surface area contributed by atoms with Crippen LogP contribution in [0.25, 0.3) is 11.2 Å². The normalized spacial score (nSPS) is 17.5. The molecule has 1 aliphatic rings. The zero-order valence-corrected chi connectivity index (χ0v) is 13.9. The minimum absolute atomic E-state index is 0.0198. The third-order valence-corrected chi connectivity index (χ3v) is 4.17. The summed E-state index contributed by atoms with van der Waals surface area (Å²) in [6, 6.07) is 3.90. The summed E-state index contributed by atoms with van der Waals surface area (Å²) in [5.74, 6) is -1.62. The molecule has 1 atom stereocenters. The van der Waals surface area contributed by atoms with Crippen LogP contribution < -0.4 is 5.32 Å². The highest BCUT2D eigenvalue weighted by Gasteiger charge is 2.22. The van der Waals surface area contributed by atoms with Crippen molar-refractivity contribution in [2.45, 2.75) is 19.1 Å². The first-order valence-electron chi connectivity index (χ1n) is 7.36. The van der Waals surface area contributed by atoms with Gasteiger partial charge in [0.25, 0.3) is 0 Å². The molecule has 4 rings (SSSR count). The lowest BCUT2D eigenvalue weighted by atomic mass is 10.3. The predicted octanol–water partition coefficient (Wildman–Crippen LogP) is 3.92. The molecule has 1 aromatic carbocycles. The van der Waals surface area contributed by atoms with Crippen molar-refractivity contribution in [3.05, 3.63) is 40.9 Å². The number of hydrogen-bond donors (Lipinski definition) is 1. The third-order valence-electron chi connectivity index (χ3n) is 3.81. The fourth-order valence-corrected chi connectivity index (χ4v) is 3.04. The molecule has 0 saturated carbocycles. The van der Waals surface area contributed by atoms with Gasteiger partial charge in [0, 0.05) is 6.61 Å². The van der Waals surface area contributed by atoms with Gasteiger partial charge < -0.3 is 10.1 Å². The molecule has 0 aliphatic carbocycles. The number of nitrogens with one attached hydrogen (secondary N) is 1. The van der Waals surface area contributed by atoms with Crippen LogP contribution in [0, 0.1) is 11.6 Å². The van der Waals surface area contributed by atoms with Gasteiger partial charge in [-0.15, -0.1) is 0 Å². The zero-order chi connectivity index (χ0) is 16.7. The van der Waals surface area contributed by atoms with Crippen molar-refractivity contribution in [1.29, 1.82) is 0 Å². The Morgan fingerprint density at radius 2 is 2.17 bits per heavy atom. The van der Waals surface area contributed by atoms with E-state index in [2.05, 4.69) is 36.2 Å². The monoisotopic (exact) mass is 395 g/mol. The van der Waals surface area contributed by atoms with E-state index >= 15 is 0 Å². The van der Waals surface area contributed by atoms with Gasteiger partial charge in [0.2, 0.25) is 4.73 Å². The Hall–Kier alpha value is -2.13. The molecule has 6 nitrogen and oxygen atoms in total. The molecule has 124 valence electrons. The van der Waals surface area contributed by atoms with Gasteiger partial charge in [-0.05, 0) is 40.9 Å². The van der Waals surface area contributed by atoms with Crippen molar-refractivity contribution in [2.75, 3.05) is 11.9 Å². The van der Waals surface area contributed by atoms with E-state index in [1.54, 1.807) is 6.33 Å². The van der Waals surface area contributed by atoms with E-state index in [0.29, 0.717) is 22.5 Å². The third kappa shape index (κ3) is 2.63. The van der Waals surface area contributed by atoms with Crippen molar-refractivity contribution in [2.24, 2.45) is 0 Å². The van der Waals surface area contributed by atoms with Gasteiger partial charge >= 0.3 is 0 Å². The van der Waals surface area contributed by atoms with Crippen molar-refractivity contribution < 1.29 is 13.5 Å². The standard InChI is InChI=1S/C15H12BrF2N5O/c16-15-21-13(20-9-4-1-3-8(17)11(9)18)12-14(22-15)23(7-19-12)10-5-2-6-24-10/h1,3-4,7,10H,2,5-6H2,(H,20,21,22). The molecule has 9 heteroatoms. The fourth-order valence-electron chi connectivity index (χ4n) is 2.70. The van der Waals surface area contributed by atoms with E-state index in [4.69, 9.17) is 4.74 Å². The maximum Gasteiger partial charge on any atom is 0.200 e. The lowest BCUT2D eigenvalue weighted by Gasteiger charge is -2.12. The van der Waals surface area contributed by atoms with Crippen molar-refractivity contribution >= 4 is 38.6 Å². The van der Waals surface area contributed by atoms with Gasteiger partial charge in [0.05, 0.1) is 12.0 Å².